The molecule has 1 atom stereocenters. The van der Waals surface area contributed by atoms with Crippen molar-refractivity contribution >= 4 is 21.6 Å². The minimum atomic E-state index is -3.40. The number of sulfonamides is 1. The first-order valence-electron chi connectivity index (χ1n) is 5.69. The SMILES string of the molecule is O=S(=O)(c1cnc[nH]1)N1CCCC(CCCl)C1. The van der Waals surface area contributed by atoms with Gasteiger partial charge in [-0.2, -0.15) is 4.31 Å². The van der Waals surface area contributed by atoms with E-state index in [0.29, 0.717) is 24.9 Å². The van der Waals surface area contributed by atoms with Gasteiger partial charge in [0.1, 0.15) is 0 Å². The van der Waals surface area contributed by atoms with Crippen LogP contribution in [0.4, 0.5) is 0 Å². The van der Waals surface area contributed by atoms with Crippen molar-refractivity contribution in [3.05, 3.63) is 12.5 Å². The summed E-state index contributed by atoms with van der Waals surface area (Å²) in [6.07, 6.45) is 5.56. The van der Waals surface area contributed by atoms with Crippen LogP contribution in [0.2, 0.25) is 0 Å². The van der Waals surface area contributed by atoms with E-state index >= 15 is 0 Å². The molecule has 5 nitrogen and oxygen atoms in total. The van der Waals surface area contributed by atoms with Gasteiger partial charge in [0, 0.05) is 19.0 Å². The minimum Gasteiger partial charge on any atom is -0.335 e. The number of H-pyrrole nitrogens is 1. The van der Waals surface area contributed by atoms with Crippen molar-refractivity contribution in [1.29, 1.82) is 0 Å². The molecule has 1 aliphatic rings. The Morgan fingerprint density at radius 3 is 3.06 bits per heavy atom. The fourth-order valence-electron chi connectivity index (χ4n) is 2.16. The fraction of sp³-hybridized carbons (Fsp3) is 0.700. The van der Waals surface area contributed by atoms with Crippen LogP contribution in [0, 0.1) is 5.92 Å². The molecule has 0 radical (unpaired) electrons. The van der Waals surface area contributed by atoms with Crippen molar-refractivity contribution in [1.82, 2.24) is 14.3 Å². The molecule has 1 aromatic rings. The van der Waals surface area contributed by atoms with Crippen LogP contribution in [-0.4, -0.2) is 41.7 Å². The summed E-state index contributed by atoms with van der Waals surface area (Å²) in [5.41, 5.74) is 0. The largest absolute Gasteiger partial charge is 0.335 e. The predicted molar refractivity (Wildman–Crippen MR) is 65.4 cm³/mol. The van der Waals surface area contributed by atoms with Crippen molar-refractivity contribution in [3.63, 3.8) is 0 Å². The van der Waals surface area contributed by atoms with Gasteiger partial charge in [-0.25, -0.2) is 13.4 Å². The van der Waals surface area contributed by atoms with Gasteiger partial charge in [-0.3, -0.25) is 0 Å². The minimum absolute atomic E-state index is 0.170. The number of aromatic nitrogens is 2. The molecule has 1 aliphatic heterocycles. The Hall–Kier alpha value is -0.590. The number of halogens is 1. The van der Waals surface area contributed by atoms with Gasteiger partial charge < -0.3 is 4.98 Å². The number of hydrogen-bond acceptors (Lipinski definition) is 3. The van der Waals surface area contributed by atoms with Crippen LogP contribution in [0.5, 0.6) is 0 Å². The molecule has 96 valence electrons. The van der Waals surface area contributed by atoms with Gasteiger partial charge in [-0.1, -0.05) is 0 Å². The smallest absolute Gasteiger partial charge is 0.260 e. The first-order valence-corrected chi connectivity index (χ1v) is 7.66. The highest BCUT2D eigenvalue weighted by Gasteiger charge is 2.30. The Kier molecular flexibility index (Phi) is 4.06. The predicted octanol–water partition coefficient (Wildman–Crippen LogP) is 1.44. The average Bonchev–Trinajstić information content (AvgIpc) is 2.84. The summed E-state index contributed by atoms with van der Waals surface area (Å²) in [6, 6.07) is 0. The first kappa shape index (κ1) is 12.9. The molecule has 17 heavy (non-hydrogen) atoms. The standard InChI is InChI=1S/C10H16ClN3O2S/c11-4-3-9-2-1-5-14(7-9)17(15,16)10-6-12-8-13-10/h6,8-9H,1-5,7H2,(H,12,13). The van der Waals surface area contributed by atoms with Gasteiger partial charge in [-0.05, 0) is 25.2 Å². The number of rotatable bonds is 4. The van der Waals surface area contributed by atoms with Crippen LogP contribution in [0.15, 0.2) is 17.6 Å². The number of nitrogens with one attached hydrogen (secondary N) is 1. The van der Waals surface area contributed by atoms with Gasteiger partial charge in [0.15, 0.2) is 5.03 Å². The van der Waals surface area contributed by atoms with Gasteiger partial charge in [0.05, 0.1) is 12.5 Å². The molecule has 0 aliphatic carbocycles. The third-order valence-corrected chi connectivity index (χ3v) is 5.10. The van der Waals surface area contributed by atoms with E-state index in [0.717, 1.165) is 19.3 Å². The monoisotopic (exact) mass is 277 g/mol. The average molecular weight is 278 g/mol. The Morgan fingerprint density at radius 1 is 1.59 bits per heavy atom. The molecule has 7 heteroatoms. The van der Waals surface area contributed by atoms with Gasteiger partial charge in [-0.15, -0.1) is 11.6 Å². The van der Waals surface area contributed by atoms with E-state index in [1.165, 1.54) is 16.8 Å². The molecule has 1 N–H and O–H groups in total. The Labute approximate surface area is 106 Å². The zero-order valence-corrected chi connectivity index (χ0v) is 11.0. The Balaban J connectivity index is 2.12. The number of alkyl halides is 1. The maximum Gasteiger partial charge on any atom is 0.260 e. The molecule has 0 spiro atoms. The lowest BCUT2D eigenvalue weighted by Crippen LogP contribution is -2.40. The number of hydrogen-bond donors (Lipinski definition) is 1. The van der Waals surface area contributed by atoms with E-state index in [1.54, 1.807) is 0 Å². The van der Waals surface area contributed by atoms with Crippen LogP contribution in [-0.2, 0) is 10.0 Å². The molecular formula is C10H16ClN3O2S. The van der Waals surface area contributed by atoms with Crippen molar-refractivity contribution in [3.8, 4) is 0 Å². The van der Waals surface area contributed by atoms with E-state index in [9.17, 15) is 8.42 Å². The molecule has 1 aromatic heterocycles. The molecule has 1 saturated heterocycles. The second kappa shape index (κ2) is 5.37. The van der Waals surface area contributed by atoms with E-state index in [1.807, 2.05) is 0 Å². The van der Waals surface area contributed by atoms with Gasteiger partial charge >= 0.3 is 0 Å². The molecule has 1 fully saturated rings. The van der Waals surface area contributed by atoms with E-state index in [2.05, 4.69) is 9.97 Å². The lowest BCUT2D eigenvalue weighted by atomic mass is 9.97. The molecule has 2 rings (SSSR count). The molecule has 1 unspecified atom stereocenters. The van der Waals surface area contributed by atoms with Crippen molar-refractivity contribution in [2.24, 2.45) is 5.92 Å². The molecular weight excluding hydrogens is 262 g/mol. The molecule has 0 bridgehead atoms. The zero-order chi connectivity index (χ0) is 12.3. The van der Waals surface area contributed by atoms with Gasteiger partial charge in [0.25, 0.3) is 10.0 Å². The maximum absolute atomic E-state index is 12.2. The summed E-state index contributed by atoms with van der Waals surface area (Å²) in [7, 11) is -3.40. The topological polar surface area (TPSA) is 66.1 Å². The number of imidazole rings is 1. The summed E-state index contributed by atoms with van der Waals surface area (Å²) < 4.78 is 26.0. The summed E-state index contributed by atoms with van der Waals surface area (Å²) in [5, 5.41) is 0.170. The van der Waals surface area contributed by atoms with Crippen LogP contribution < -0.4 is 0 Å². The second-order valence-corrected chi connectivity index (χ2v) is 6.55. The highest BCUT2D eigenvalue weighted by atomic mass is 35.5. The molecule has 2 heterocycles. The fourth-order valence-corrected chi connectivity index (χ4v) is 3.92. The number of piperidine rings is 1. The van der Waals surface area contributed by atoms with Crippen molar-refractivity contribution < 1.29 is 8.42 Å². The van der Waals surface area contributed by atoms with Crippen molar-refractivity contribution in [2.45, 2.75) is 24.3 Å². The summed E-state index contributed by atoms with van der Waals surface area (Å²) in [4.78, 5) is 6.41. The number of aromatic amines is 1. The van der Waals surface area contributed by atoms with Crippen LogP contribution in [0.1, 0.15) is 19.3 Å². The van der Waals surface area contributed by atoms with Crippen LogP contribution in [0.3, 0.4) is 0 Å². The highest BCUT2D eigenvalue weighted by molar-refractivity contribution is 7.89. The number of nitrogens with zero attached hydrogens (tertiary/aromatic N) is 2. The zero-order valence-electron chi connectivity index (χ0n) is 9.47. The molecule has 0 aromatic carbocycles. The lowest BCUT2D eigenvalue weighted by Gasteiger charge is -2.31. The van der Waals surface area contributed by atoms with E-state index in [4.69, 9.17) is 11.6 Å². The third kappa shape index (κ3) is 2.81. The quantitative estimate of drug-likeness (QED) is 0.847. The third-order valence-electron chi connectivity index (χ3n) is 3.09. The van der Waals surface area contributed by atoms with E-state index in [-0.39, 0.29) is 5.03 Å². The summed E-state index contributed by atoms with van der Waals surface area (Å²) >= 11 is 5.71. The molecule has 0 amide bonds. The van der Waals surface area contributed by atoms with Crippen LogP contribution in [0.25, 0.3) is 0 Å². The summed E-state index contributed by atoms with van der Waals surface area (Å²) in [5.74, 6) is 0.960. The van der Waals surface area contributed by atoms with E-state index < -0.39 is 10.0 Å². The summed E-state index contributed by atoms with van der Waals surface area (Å²) in [6.45, 7) is 1.15. The normalized spacial score (nSPS) is 22.8. The first-order chi connectivity index (χ1) is 8.14. The highest BCUT2D eigenvalue weighted by Crippen LogP contribution is 2.24. The Morgan fingerprint density at radius 2 is 2.41 bits per heavy atom. The second-order valence-electron chi connectivity index (χ2n) is 4.26. The lowest BCUT2D eigenvalue weighted by molar-refractivity contribution is 0.262. The maximum atomic E-state index is 12.2. The Bertz CT molecular complexity index is 444. The van der Waals surface area contributed by atoms with Crippen molar-refractivity contribution in [2.75, 3.05) is 19.0 Å². The molecule has 0 saturated carbocycles. The van der Waals surface area contributed by atoms with Gasteiger partial charge in [0.2, 0.25) is 0 Å². The van der Waals surface area contributed by atoms with Crippen LogP contribution >= 0.6 is 11.6 Å².